The normalized spacial score (nSPS) is 13.9. The van der Waals surface area contributed by atoms with Crippen molar-refractivity contribution < 1.29 is 4.79 Å². The molecule has 2 atom stereocenters. The van der Waals surface area contributed by atoms with Crippen LogP contribution in [0.4, 0.5) is 0 Å². The molecule has 1 aromatic heterocycles. The van der Waals surface area contributed by atoms with Crippen LogP contribution < -0.4 is 5.32 Å². The third-order valence-corrected chi connectivity index (χ3v) is 5.01. The van der Waals surface area contributed by atoms with E-state index in [4.69, 9.17) is 11.6 Å². The van der Waals surface area contributed by atoms with E-state index in [2.05, 4.69) is 23.7 Å². The highest BCUT2D eigenvalue weighted by Crippen LogP contribution is 2.23. The predicted molar refractivity (Wildman–Crippen MR) is 93.4 cm³/mol. The monoisotopic (exact) mass is 336 g/mol. The third kappa shape index (κ3) is 4.57. The van der Waals surface area contributed by atoms with Crippen LogP contribution in [-0.4, -0.2) is 24.4 Å². The molecule has 2 unspecified atom stereocenters. The summed E-state index contributed by atoms with van der Waals surface area (Å²) in [6, 6.07) is 11.9. The highest BCUT2D eigenvalue weighted by Gasteiger charge is 2.17. The molecule has 0 aliphatic carbocycles. The molecule has 0 fully saturated rings. The molecule has 0 spiro atoms. The van der Waals surface area contributed by atoms with Crippen molar-refractivity contribution in [1.82, 2.24) is 10.2 Å². The number of likely N-dealkylation sites (N-methyl/N-ethyl adjacent to an activating group) is 1. The Balaban J connectivity index is 1.89. The summed E-state index contributed by atoms with van der Waals surface area (Å²) in [4.78, 5) is 15.5. The second-order valence-corrected chi connectivity index (χ2v) is 6.87. The Morgan fingerprint density at radius 1 is 1.32 bits per heavy atom. The zero-order valence-electron chi connectivity index (χ0n) is 13.0. The smallest absolute Gasteiger partial charge is 0.234 e. The first-order chi connectivity index (χ1) is 10.5. The molecule has 0 bridgehead atoms. The van der Waals surface area contributed by atoms with Gasteiger partial charge in [-0.25, -0.2) is 0 Å². The number of thiophene rings is 1. The maximum Gasteiger partial charge on any atom is 0.234 e. The van der Waals surface area contributed by atoms with Gasteiger partial charge in [-0.3, -0.25) is 9.69 Å². The Bertz CT molecular complexity index is 615. The van der Waals surface area contributed by atoms with Gasteiger partial charge in [0.1, 0.15) is 0 Å². The number of hydrogen-bond acceptors (Lipinski definition) is 3. The van der Waals surface area contributed by atoms with Crippen LogP contribution in [0.2, 0.25) is 5.02 Å². The van der Waals surface area contributed by atoms with Crippen molar-refractivity contribution in [2.45, 2.75) is 25.9 Å². The zero-order valence-corrected chi connectivity index (χ0v) is 14.6. The third-order valence-electron chi connectivity index (χ3n) is 3.74. The number of nitrogens with zero attached hydrogens (tertiary/aromatic N) is 1. The molecule has 0 saturated carbocycles. The van der Waals surface area contributed by atoms with Gasteiger partial charge >= 0.3 is 0 Å². The fraction of sp³-hybridized carbons (Fsp3) is 0.353. The molecule has 3 nitrogen and oxygen atoms in total. The Kier molecular flexibility index (Phi) is 6.00. The van der Waals surface area contributed by atoms with Gasteiger partial charge in [-0.1, -0.05) is 29.8 Å². The molecular formula is C17H21ClN2OS. The van der Waals surface area contributed by atoms with Crippen molar-refractivity contribution >= 4 is 28.8 Å². The molecule has 2 aromatic rings. The number of hydrogen-bond donors (Lipinski definition) is 1. The number of carbonyl (C=O) groups is 1. The van der Waals surface area contributed by atoms with Crippen molar-refractivity contribution in [2.75, 3.05) is 13.6 Å². The van der Waals surface area contributed by atoms with Crippen LogP contribution in [0.5, 0.6) is 0 Å². The zero-order chi connectivity index (χ0) is 16.1. The molecule has 1 N–H and O–H groups in total. The van der Waals surface area contributed by atoms with Gasteiger partial charge in [0.2, 0.25) is 5.91 Å². The quantitative estimate of drug-likeness (QED) is 0.854. The summed E-state index contributed by atoms with van der Waals surface area (Å²) in [5, 5.41) is 5.76. The van der Waals surface area contributed by atoms with E-state index < -0.39 is 0 Å². The molecule has 0 aliphatic rings. The first kappa shape index (κ1) is 17.0. The van der Waals surface area contributed by atoms with Crippen LogP contribution in [0.25, 0.3) is 0 Å². The molecule has 0 radical (unpaired) electrons. The number of nitrogens with one attached hydrogen (secondary N) is 1. The number of benzene rings is 1. The highest BCUT2D eigenvalue weighted by molar-refractivity contribution is 7.10. The number of rotatable bonds is 6. The average molecular weight is 337 g/mol. The average Bonchev–Trinajstić information content (AvgIpc) is 3.00. The molecule has 0 saturated heterocycles. The van der Waals surface area contributed by atoms with E-state index in [1.807, 2.05) is 49.2 Å². The van der Waals surface area contributed by atoms with E-state index in [1.54, 1.807) is 11.3 Å². The minimum absolute atomic E-state index is 0.0124. The van der Waals surface area contributed by atoms with Crippen LogP contribution in [-0.2, 0) is 4.79 Å². The molecule has 5 heteroatoms. The van der Waals surface area contributed by atoms with Gasteiger partial charge < -0.3 is 5.32 Å². The second-order valence-electron chi connectivity index (χ2n) is 5.45. The van der Waals surface area contributed by atoms with Crippen LogP contribution in [0.1, 0.15) is 36.4 Å². The van der Waals surface area contributed by atoms with Gasteiger partial charge in [0.25, 0.3) is 0 Å². The molecule has 0 aliphatic heterocycles. The van der Waals surface area contributed by atoms with Gasteiger partial charge in [0.15, 0.2) is 0 Å². The lowest BCUT2D eigenvalue weighted by Gasteiger charge is -2.24. The van der Waals surface area contributed by atoms with Gasteiger partial charge in [0, 0.05) is 15.9 Å². The van der Waals surface area contributed by atoms with E-state index in [-0.39, 0.29) is 18.0 Å². The van der Waals surface area contributed by atoms with Gasteiger partial charge in [-0.15, -0.1) is 11.3 Å². The largest absolute Gasteiger partial charge is 0.348 e. The van der Waals surface area contributed by atoms with Crippen molar-refractivity contribution in [2.24, 2.45) is 0 Å². The lowest BCUT2D eigenvalue weighted by molar-refractivity contribution is -0.123. The Hall–Kier alpha value is -1.36. The SMILES string of the molecule is CC(NC(=O)CN(C)C(C)c1cccs1)c1cccc(Cl)c1. The minimum Gasteiger partial charge on any atom is -0.348 e. The first-order valence-electron chi connectivity index (χ1n) is 7.26. The van der Waals surface area contributed by atoms with Gasteiger partial charge in [0.05, 0.1) is 12.6 Å². The molecule has 22 heavy (non-hydrogen) atoms. The minimum atomic E-state index is -0.0587. The lowest BCUT2D eigenvalue weighted by atomic mass is 10.1. The van der Waals surface area contributed by atoms with E-state index in [0.717, 1.165) is 5.56 Å². The van der Waals surface area contributed by atoms with Crippen LogP contribution in [0.15, 0.2) is 41.8 Å². The summed E-state index contributed by atoms with van der Waals surface area (Å²) in [6.07, 6.45) is 0. The fourth-order valence-electron chi connectivity index (χ4n) is 2.26. The predicted octanol–water partition coefficient (Wildman–Crippen LogP) is 4.27. The first-order valence-corrected chi connectivity index (χ1v) is 8.51. The van der Waals surface area contributed by atoms with Gasteiger partial charge in [-0.05, 0) is 50.0 Å². The van der Waals surface area contributed by atoms with E-state index >= 15 is 0 Å². The van der Waals surface area contributed by atoms with Crippen molar-refractivity contribution in [3.8, 4) is 0 Å². The summed E-state index contributed by atoms with van der Waals surface area (Å²) < 4.78 is 0. The Morgan fingerprint density at radius 2 is 2.09 bits per heavy atom. The maximum absolute atomic E-state index is 12.2. The molecule has 2 rings (SSSR count). The fourth-order valence-corrected chi connectivity index (χ4v) is 3.30. The van der Waals surface area contributed by atoms with Crippen LogP contribution in [0, 0.1) is 0 Å². The molecule has 118 valence electrons. The summed E-state index contributed by atoms with van der Waals surface area (Å²) in [5.41, 5.74) is 1.01. The summed E-state index contributed by atoms with van der Waals surface area (Å²) in [7, 11) is 1.97. The number of amides is 1. The van der Waals surface area contributed by atoms with Crippen LogP contribution in [0.3, 0.4) is 0 Å². The molecule has 1 heterocycles. The van der Waals surface area contributed by atoms with E-state index in [0.29, 0.717) is 11.6 Å². The van der Waals surface area contributed by atoms with E-state index in [1.165, 1.54) is 4.88 Å². The Morgan fingerprint density at radius 3 is 2.73 bits per heavy atom. The molecular weight excluding hydrogens is 316 g/mol. The topological polar surface area (TPSA) is 32.3 Å². The maximum atomic E-state index is 12.2. The standard InChI is InChI=1S/C17H21ClN2OS/c1-12(14-6-4-7-15(18)10-14)19-17(21)11-20(3)13(2)16-8-5-9-22-16/h4-10,12-13H,11H2,1-3H3,(H,19,21). The van der Waals surface area contributed by atoms with Crippen LogP contribution >= 0.6 is 22.9 Å². The molecule has 1 amide bonds. The van der Waals surface area contributed by atoms with Gasteiger partial charge in [-0.2, -0.15) is 0 Å². The summed E-state index contributed by atoms with van der Waals surface area (Å²) >= 11 is 7.70. The second kappa shape index (κ2) is 7.77. The van der Waals surface area contributed by atoms with Crippen molar-refractivity contribution in [3.05, 3.63) is 57.2 Å². The summed E-state index contributed by atoms with van der Waals surface area (Å²) in [5.74, 6) is 0.0124. The molecule has 1 aromatic carbocycles. The Labute approximate surface area is 140 Å². The number of halogens is 1. The summed E-state index contributed by atoms with van der Waals surface area (Å²) in [6.45, 7) is 4.44. The lowest BCUT2D eigenvalue weighted by Crippen LogP contribution is -2.37. The highest BCUT2D eigenvalue weighted by atomic mass is 35.5. The van der Waals surface area contributed by atoms with Crippen molar-refractivity contribution in [1.29, 1.82) is 0 Å². The number of carbonyl (C=O) groups excluding carboxylic acids is 1. The van der Waals surface area contributed by atoms with E-state index in [9.17, 15) is 4.79 Å². The van der Waals surface area contributed by atoms with Crippen molar-refractivity contribution in [3.63, 3.8) is 0 Å².